The molecule has 0 aliphatic rings. The third kappa shape index (κ3) is 2.93. The van der Waals surface area contributed by atoms with Crippen molar-refractivity contribution in [1.29, 1.82) is 0 Å². The van der Waals surface area contributed by atoms with Crippen LogP contribution in [0.5, 0.6) is 0 Å². The number of imidazole rings is 1. The lowest BCUT2D eigenvalue weighted by atomic mass is 9.87. The number of aryl methyl sites for hydroxylation is 1. The second-order valence-electron chi connectivity index (χ2n) is 6.13. The van der Waals surface area contributed by atoms with Gasteiger partial charge in [0.1, 0.15) is 5.82 Å². The first-order valence-corrected chi connectivity index (χ1v) is 7.96. The maximum Gasteiger partial charge on any atom is 0.111 e. The SMILES string of the molecule is CC(n1c(CCCl)nc2cc(Cl)c(Cl)cc21)C(C)(C)C. The minimum atomic E-state index is 0.112. The van der Waals surface area contributed by atoms with Crippen LogP contribution in [0.25, 0.3) is 11.0 Å². The number of benzene rings is 1. The van der Waals surface area contributed by atoms with Crippen molar-refractivity contribution in [3.63, 3.8) is 0 Å². The standard InChI is InChI=1S/C15H19Cl3N2/c1-9(15(2,3)4)20-13-8-11(18)10(17)7-12(13)19-14(20)5-6-16/h7-9H,5-6H2,1-4H3. The van der Waals surface area contributed by atoms with Crippen molar-refractivity contribution in [2.45, 2.75) is 40.2 Å². The van der Waals surface area contributed by atoms with E-state index in [0.717, 1.165) is 23.3 Å². The van der Waals surface area contributed by atoms with Gasteiger partial charge in [-0.15, -0.1) is 11.6 Å². The number of aromatic nitrogens is 2. The van der Waals surface area contributed by atoms with Gasteiger partial charge in [0.2, 0.25) is 0 Å². The van der Waals surface area contributed by atoms with Gasteiger partial charge in [0.15, 0.2) is 0 Å². The van der Waals surface area contributed by atoms with Crippen LogP contribution in [0.15, 0.2) is 12.1 Å². The van der Waals surface area contributed by atoms with E-state index in [1.54, 1.807) is 0 Å². The summed E-state index contributed by atoms with van der Waals surface area (Å²) in [6.07, 6.45) is 0.728. The van der Waals surface area contributed by atoms with Crippen LogP contribution in [0.3, 0.4) is 0 Å². The average Bonchev–Trinajstić information content (AvgIpc) is 2.65. The Morgan fingerprint density at radius 3 is 2.35 bits per heavy atom. The van der Waals surface area contributed by atoms with E-state index in [9.17, 15) is 0 Å². The smallest absolute Gasteiger partial charge is 0.111 e. The molecule has 0 fully saturated rings. The highest BCUT2D eigenvalue weighted by Gasteiger charge is 2.26. The highest BCUT2D eigenvalue weighted by molar-refractivity contribution is 6.42. The second-order valence-corrected chi connectivity index (χ2v) is 7.33. The zero-order chi connectivity index (χ0) is 15.1. The Bertz CT molecular complexity index is 626. The monoisotopic (exact) mass is 332 g/mol. The van der Waals surface area contributed by atoms with Gasteiger partial charge in [-0.3, -0.25) is 0 Å². The fourth-order valence-electron chi connectivity index (χ4n) is 2.22. The molecule has 0 amide bonds. The molecular weight excluding hydrogens is 315 g/mol. The molecule has 1 atom stereocenters. The molecular formula is C15H19Cl3N2. The second kappa shape index (κ2) is 5.75. The molecule has 0 saturated carbocycles. The summed E-state index contributed by atoms with van der Waals surface area (Å²) in [4.78, 5) is 4.67. The van der Waals surface area contributed by atoms with Crippen molar-refractivity contribution < 1.29 is 0 Å². The molecule has 5 heteroatoms. The molecule has 1 aromatic heterocycles. The van der Waals surface area contributed by atoms with E-state index in [-0.39, 0.29) is 11.5 Å². The van der Waals surface area contributed by atoms with Crippen molar-refractivity contribution in [1.82, 2.24) is 9.55 Å². The van der Waals surface area contributed by atoms with Crippen LogP contribution in [0.2, 0.25) is 10.0 Å². The van der Waals surface area contributed by atoms with Crippen LogP contribution < -0.4 is 0 Å². The molecule has 1 aromatic carbocycles. The lowest BCUT2D eigenvalue weighted by Crippen LogP contribution is -2.23. The molecule has 2 nitrogen and oxygen atoms in total. The number of halogens is 3. The number of hydrogen-bond donors (Lipinski definition) is 0. The van der Waals surface area contributed by atoms with Crippen LogP contribution in [0.4, 0.5) is 0 Å². The summed E-state index contributed by atoms with van der Waals surface area (Å²) in [5.41, 5.74) is 2.00. The Morgan fingerprint density at radius 2 is 1.80 bits per heavy atom. The topological polar surface area (TPSA) is 17.8 Å². The highest BCUT2D eigenvalue weighted by atomic mass is 35.5. The van der Waals surface area contributed by atoms with Crippen molar-refractivity contribution >= 4 is 45.8 Å². The molecule has 0 aliphatic carbocycles. The maximum atomic E-state index is 6.17. The Labute approximate surface area is 135 Å². The van der Waals surface area contributed by atoms with Gasteiger partial charge in [-0.25, -0.2) is 4.98 Å². The van der Waals surface area contributed by atoms with Gasteiger partial charge in [-0.2, -0.15) is 0 Å². The highest BCUT2D eigenvalue weighted by Crippen LogP contribution is 2.36. The molecule has 1 heterocycles. The lowest BCUT2D eigenvalue weighted by molar-refractivity contribution is 0.263. The molecule has 0 saturated heterocycles. The van der Waals surface area contributed by atoms with E-state index in [1.165, 1.54) is 0 Å². The molecule has 1 unspecified atom stereocenters. The van der Waals surface area contributed by atoms with Crippen molar-refractivity contribution in [2.24, 2.45) is 5.41 Å². The maximum absolute atomic E-state index is 6.17. The fourth-order valence-corrected chi connectivity index (χ4v) is 2.71. The molecule has 0 spiro atoms. The van der Waals surface area contributed by atoms with Crippen molar-refractivity contribution in [3.8, 4) is 0 Å². The predicted octanol–water partition coefficient (Wildman–Crippen LogP) is 5.73. The van der Waals surface area contributed by atoms with E-state index in [4.69, 9.17) is 34.8 Å². The van der Waals surface area contributed by atoms with Gasteiger partial charge < -0.3 is 4.57 Å². The summed E-state index contributed by atoms with van der Waals surface area (Å²) < 4.78 is 2.24. The minimum absolute atomic E-state index is 0.112. The van der Waals surface area contributed by atoms with E-state index >= 15 is 0 Å². The van der Waals surface area contributed by atoms with Gasteiger partial charge in [0.25, 0.3) is 0 Å². The first-order valence-electron chi connectivity index (χ1n) is 6.67. The number of rotatable bonds is 3. The normalized spacial score (nSPS) is 13.9. The summed E-state index contributed by atoms with van der Waals surface area (Å²) in [7, 11) is 0. The fraction of sp³-hybridized carbons (Fsp3) is 0.533. The third-order valence-electron chi connectivity index (χ3n) is 3.76. The minimum Gasteiger partial charge on any atom is -0.325 e. The zero-order valence-electron chi connectivity index (χ0n) is 12.2. The molecule has 110 valence electrons. The molecule has 0 radical (unpaired) electrons. The first kappa shape index (κ1) is 15.9. The lowest BCUT2D eigenvalue weighted by Gasteiger charge is -2.30. The van der Waals surface area contributed by atoms with Crippen LogP contribution in [-0.4, -0.2) is 15.4 Å². The predicted molar refractivity (Wildman–Crippen MR) is 88.3 cm³/mol. The summed E-state index contributed by atoms with van der Waals surface area (Å²) >= 11 is 18.2. The van der Waals surface area contributed by atoms with Gasteiger partial charge in [-0.1, -0.05) is 44.0 Å². The summed E-state index contributed by atoms with van der Waals surface area (Å²) in [6, 6.07) is 4.00. The summed E-state index contributed by atoms with van der Waals surface area (Å²) in [6.45, 7) is 8.84. The number of alkyl halides is 1. The van der Waals surface area contributed by atoms with Crippen LogP contribution >= 0.6 is 34.8 Å². The Hall–Kier alpha value is -0.440. The molecule has 2 aromatic rings. The van der Waals surface area contributed by atoms with Gasteiger partial charge >= 0.3 is 0 Å². The van der Waals surface area contributed by atoms with E-state index in [2.05, 4.69) is 37.2 Å². The molecule has 0 N–H and O–H groups in total. The molecule has 0 bridgehead atoms. The van der Waals surface area contributed by atoms with Crippen LogP contribution in [0.1, 0.15) is 39.6 Å². The van der Waals surface area contributed by atoms with E-state index < -0.39 is 0 Å². The van der Waals surface area contributed by atoms with Crippen LogP contribution in [-0.2, 0) is 6.42 Å². The Kier molecular flexibility index (Phi) is 4.58. The average molecular weight is 334 g/mol. The molecule has 20 heavy (non-hydrogen) atoms. The van der Waals surface area contributed by atoms with Crippen molar-refractivity contribution in [2.75, 3.05) is 5.88 Å². The van der Waals surface area contributed by atoms with Gasteiger partial charge in [0.05, 0.1) is 21.1 Å². The Balaban J connectivity index is 2.71. The molecule has 2 rings (SSSR count). The van der Waals surface area contributed by atoms with E-state index in [0.29, 0.717) is 15.9 Å². The third-order valence-corrected chi connectivity index (χ3v) is 4.67. The first-order chi connectivity index (χ1) is 9.25. The largest absolute Gasteiger partial charge is 0.325 e. The summed E-state index contributed by atoms with van der Waals surface area (Å²) in [5.74, 6) is 1.53. The van der Waals surface area contributed by atoms with Crippen molar-refractivity contribution in [3.05, 3.63) is 28.0 Å². The summed E-state index contributed by atoms with van der Waals surface area (Å²) in [5, 5.41) is 1.09. The van der Waals surface area contributed by atoms with E-state index in [1.807, 2.05) is 12.1 Å². The van der Waals surface area contributed by atoms with Crippen LogP contribution in [0, 0.1) is 5.41 Å². The quantitative estimate of drug-likeness (QED) is 0.656. The Morgan fingerprint density at radius 1 is 1.20 bits per heavy atom. The molecule has 0 aliphatic heterocycles. The number of nitrogens with zero attached hydrogens (tertiary/aromatic N) is 2. The van der Waals surface area contributed by atoms with Gasteiger partial charge in [-0.05, 0) is 24.5 Å². The number of fused-ring (bicyclic) bond motifs is 1. The van der Waals surface area contributed by atoms with Gasteiger partial charge in [0, 0.05) is 18.3 Å². The number of hydrogen-bond acceptors (Lipinski definition) is 1. The zero-order valence-corrected chi connectivity index (χ0v) is 14.4.